The zero-order chi connectivity index (χ0) is 13.7. The monoisotopic (exact) mass is 258 g/mol. The molecule has 1 aromatic rings. The first kappa shape index (κ1) is 14.4. The second-order valence-corrected chi connectivity index (χ2v) is 4.04. The van der Waals surface area contributed by atoms with Gasteiger partial charge in [-0.25, -0.2) is 0 Å². The molecule has 1 amide bonds. The third-order valence-corrected chi connectivity index (χ3v) is 2.55. The number of hydrogen-bond acceptors (Lipinski definition) is 3. The minimum absolute atomic E-state index is 0.0447. The van der Waals surface area contributed by atoms with Crippen molar-refractivity contribution in [3.8, 4) is 5.75 Å². The van der Waals surface area contributed by atoms with Crippen molar-refractivity contribution in [2.75, 3.05) is 5.32 Å². The Morgan fingerprint density at radius 3 is 2.28 bits per heavy atom. The molecule has 0 aliphatic carbocycles. The van der Waals surface area contributed by atoms with Crippen molar-refractivity contribution in [1.29, 1.82) is 0 Å². The lowest BCUT2D eigenvalue weighted by Crippen LogP contribution is -2.34. The molecule has 2 unspecified atom stereocenters. The van der Waals surface area contributed by atoms with Crippen molar-refractivity contribution in [3.63, 3.8) is 0 Å². The smallest absolute Gasteiger partial charge is 0.387 e. The zero-order valence-electron chi connectivity index (χ0n) is 10.2. The fraction of sp³-hybridized carbons (Fsp3) is 0.417. The van der Waals surface area contributed by atoms with Gasteiger partial charge in [-0.3, -0.25) is 4.79 Å². The molecule has 0 bridgehead atoms. The summed E-state index contributed by atoms with van der Waals surface area (Å²) < 4.78 is 28.0. The second kappa shape index (κ2) is 6.30. The second-order valence-electron chi connectivity index (χ2n) is 4.04. The van der Waals surface area contributed by atoms with Gasteiger partial charge in [-0.05, 0) is 31.2 Å². The highest BCUT2D eigenvalue weighted by molar-refractivity contribution is 5.92. The van der Waals surface area contributed by atoms with E-state index in [9.17, 15) is 13.6 Å². The Balaban J connectivity index is 2.61. The van der Waals surface area contributed by atoms with Crippen LogP contribution in [0, 0.1) is 5.92 Å². The standard InChI is InChI=1S/C12H16F2N2O2/c1-7(8(2)15)11(17)16-9-3-5-10(6-4-9)18-12(13)14/h3-8,12H,15H2,1-2H3,(H,16,17). The summed E-state index contributed by atoms with van der Waals surface area (Å²) in [6.07, 6.45) is 0. The van der Waals surface area contributed by atoms with E-state index in [1.165, 1.54) is 24.3 Å². The van der Waals surface area contributed by atoms with E-state index >= 15 is 0 Å². The Kier molecular flexibility index (Phi) is 5.03. The minimum atomic E-state index is -2.86. The Labute approximate surface area is 104 Å². The van der Waals surface area contributed by atoms with E-state index in [0.29, 0.717) is 5.69 Å². The maximum atomic E-state index is 11.9. The number of halogens is 2. The normalized spacial score (nSPS) is 14.1. The van der Waals surface area contributed by atoms with Crippen LogP contribution >= 0.6 is 0 Å². The van der Waals surface area contributed by atoms with Crippen LogP contribution in [0.15, 0.2) is 24.3 Å². The van der Waals surface area contributed by atoms with Gasteiger partial charge >= 0.3 is 6.61 Å². The third kappa shape index (κ3) is 4.29. The van der Waals surface area contributed by atoms with Crippen molar-refractivity contribution in [1.82, 2.24) is 0 Å². The molecule has 1 rings (SSSR count). The number of benzene rings is 1. The van der Waals surface area contributed by atoms with Gasteiger partial charge in [0.05, 0.1) is 5.92 Å². The van der Waals surface area contributed by atoms with E-state index < -0.39 is 6.61 Å². The molecule has 6 heteroatoms. The lowest BCUT2D eigenvalue weighted by molar-refractivity contribution is -0.119. The summed E-state index contributed by atoms with van der Waals surface area (Å²) in [5, 5.41) is 2.64. The van der Waals surface area contributed by atoms with Gasteiger partial charge in [-0.15, -0.1) is 0 Å². The van der Waals surface area contributed by atoms with E-state index in [1.807, 2.05) is 0 Å². The van der Waals surface area contributed by atoms with E-state index in [-0.39, 0.29) is 23.6 Å². The molecule has 0 aliphatic heterocycles. The number of ether oxygens (including phenoxy) is 1. The van der Waals surface area contributed by atoms with Gasteiger partial charge in [0.2, 0.25) is 5.91 Å². The first-order chi connectivity index (χ1) is 8.40. The maximum absolute atomic E-state index is 11.9. The van der Waals surface area contributed by atoms with Crippen LogP contribution < -0.4 is 15.8 Å². The number of carbonyl (C=O) groups is 1. The van der Waals surface area contributed by atoms with Gasteiger partial charge in [0.15, 0.2) is 0 Å². The van der Waals surface area contributed by atoms with Gasteiger partial charge in [0.25, 0.3) is 0 Å². The molecule has 4 nitrogen and oxygen atoms in total. The molecular formula is C12H16F2N2O2. The van der Waals surface area contributed by atoms with E-state index in [2.05, 4.69) is 10.1 Å². The molecule has 1 aromatic carbocycles. The van der Waals surface area contributed by atoms with Gasteiger partial charge in [-0.1, -0.05) is 6.92 Å². The zero-order valence-corrected chi connectivity index (χ0v) is 10.2. The van der Waals surface area contributed by atoms with Crippen molar-refractivity contribution >= 4 is 11.6 Å². The van der Waals surface area contributed by atoms with Crippen molar-refractivity contribution in [2.24, 2.45) is 11.7 Å². The number of nitrogens with one attached hydrogen (secondary N) is 1. The van der Waals surface area contributed by atoms with Crippen LogP contribution in [0.2, 0.25) is 0 Å². The number of rotatable bonds is 5. The molecule has 0 spiro atoms. The molecule has 0 heterocycles. The van der Waals surface area contributed by atoms with E-state index in [0.717, 1.165) is 0 Å². The van der Waals surface area contributed by atoms with Crippen LogP contribution in [0.5, 0.6) is 5.75 Å². The molecule has 0 saturated carbocycles. The first-order valence-electron chi connectivity index (χ1n) is 5.51. The van der Waals surface area contributed by atoms with Crippen molar-refractivity contribution in [3.05, 3.63) is 24.3 Å². The fourth-order valence-electron chi connectivity index (χ4n) is 1.21. The van der Waals surface area contributed by atoms with Crippen LogP contribution in [0.4, 0.5) is 14.5 Å². The quantitative estimate of drug-likeness (QED) is 0.851. The summed E-state index contributed by atoms with van der Waals surface area (Å²) in [5.41, 5.74) is 6.11. The maximum Gasteiger partial charge on any atom is 0.387 e. The summed E-state index contributed by atoms with van der Waals surface area (Å²) in [6, 6.07) is 5.44. The molecule has 18 heavy (non-hydrogen) atoms. The molecule has 0 aliphatic rings. The van der Waals surface area contributed by atoms with Gasteiger partial charge < -0.3 is 15.8 Å². The topological polar surface area (TPSA) is 64.4 Å². The highest BCUT2D eigenvalue weighted by Gasteiger charge is 2.16. The van der Waals surface area contributed by atoms with Crippen LogP contribution in [0.3, 0.4) is 0 Å². The van der Waals surface area contributed by atoms with Gasteiger partial charge in [0.1, 0.15) is 5.75 Å². The molecule has 0 saturated heterocycles. The molecule has 2 atom stereocenters. The lowest BCUT2D eigenvalue weighted by atomic mass is 10.0. The van der Waals surface area contributed by atoms with Crippen LogP contribution in [-0.2, 0) is 4.79 Å². The van der Waals surface area contributed by atoms with Gasteiger partial charge in [0, 0.05) is 11.7 Å². The first-order valence-corrected chi connectivity index (χ1v) is 5.51. The Hall–Kier alpha value is -1.69. The minimum Gasteiger partial charge on any atom is -0.435 e. The third-order valence-electron chi connectivity index (χ3n) is 2.55. The number of anilines is 1. The summed E-state index contributed by atoms with van der Waals surface area (Å²) in [7, 11) is 0. The van der Waals surface area contributed by atoms with E-state index in [1.54, 1.807) is 13.8 Å². The Morgan fingerprint density at radius 1 is 1.28 bits per heavy atom. The average Bonchev–Trinajstić information content (AvgIpc) is 2.29. The molecular weight excluding hydrogens is 242 g/mol. The van der Waals surface area contributed by atoms with E-state index in [4.69, 9.17) is 5.73 Å². The highest BCUT2D eigenvalue weighted by atomic mass is 19.3. The molecule has 0 fully saturated rings. The molecule has 0 aromatic heterocycles. The van der Waals surface area contributed by atoms with Crippen LogP contribution in [-0.4, -0.2) is 18.6 Å². The van der Waals surface area contributed by atoms with Crippen molar-refractivity contribution < 1.29 is 18.3 Å². The van der Waals surface area contributed by atoms with Crippen molar-refractivity contribution in [2.45, 2.75) is 26.5 Å². The Bertz CT molecular complexity index is 394. The number of hydrogen-bond donors (Lipinski definition) is 2. The summed E-state index contributed by atoms with van der Waals surface area (Å²) in [4.78, 5) is 11.7. The largest absolute Gasteiger partial charge is 0.435 e. The molecule has 100 valence electrons. The predicted molar refractivity (Wildman–Crippen MR) is 64.5 cm³/mol. The number of alkyl halides is 2. The Morgan fingerprint density at radius 2 is 1.83 bits per heavy atom. The molecule has 3 N–H and O–H groups in total. The number of carbonyl (C=O) groups excluding carboxylic acids is 1. The summed E-state index contributed by atoms with van der Waals surface area (Å²) >= 11 is 0. The molecule has 0 radical (unpaired) electrons. The van der Waals surface area contributed by atoms with Gasteiger partial charge in [-0.2, -0.15) is 8.78 Å². The fourth-order valence-corrected chi connectivity index (χ4v) is 1.21. The average molecular weight is 258 g/mol. The van der Waals surface area contributed by atoms with Crippen LogP contribution in [0.1, 0.15) is 13.8 Å². The summed E-state index contributed by atoms with van der Waals surface area (Å²) in [6.45, 7) is 0.599. The highest BCUT2D eigenvalue weighted by Crippen LogP contribution is 2.18. The lowest BCUT2D eigenvalue weighted by Gasteiger charge is -2.15. The number of amides is 1. The van der Waals surface area contributed by atoms with Crippen LogP contribution in [0.25, 0.3) is 0 Å². The summed E-state index contributed by atoms with van der Waals surface area (Å²) in [5.74, 6) is -0.502. The SMILES string of the molecule is CC(N)C(C)C(=O)Nc1ccc(OC(F)F)cc1. The predicted octanol–water partition coefficient (Wildman–Crippen LogP) is 2.21. The number of nitrogens with two attached hydrogens (primary N) is 1.